The lowest BCUT2D eigenvalue weighted by molar-refractivity contribution is -0.113. The molecule has 0 radical (unpaired) electrons. The van der Waals surface area contributed by atoms with Gasteiger partial charge in [0.15, 0.2) is 0 Å². The highest BCUT2D eigenvalue weighted by Crippen LogP contribution is 2.36. The van der Waals surface area contributed by atoms with E-state index in [1.807, 2.05) is 72.8 Å². The summed E-state index contributed by atoms with van der Waals surface area (Å²) in [6.07, 6.45) is 3.61. The third kappa shape index (κ3) is 4.81. The fourth-order valence-electron chi connectivity index (χ4n) is 4.01. The lowest BCUT2D eigenvalue weighted by Gasteiger charge is -2.21. The first-order chi connectivity index (χ1) is 17.5. The topological polar surface area (TPSA) is 59.8 Å². The number of ether oxygens (including phenoxy) is 1. The normalized spacial score (nSPS) is 14.3. The Balaban J connectivity index is 1.49. The molecule has 0 aliphatic carbocycles. The van der Waals surface area contributed by atoms with Gasteiger partial charge in [0.25, 0.3) is 5.91 Å². The second kappa shape index (κ2) is 10.2. The molecule has 5 rings (SSSR count). The minimum Gasteiger partial charge on any atom is -0.462 e. The van der Waals surface area contributed by atoms with Gasteiger partial charge in [-0.25, -0.2) is 4.79 Å². The van der Waals surface area contributed by atoms with E-state index in [0.29, 0.717) is 29.2 Å². The molecule has 5 nitrogen and oxygen atoms in total. The first kappa shape index (κ1) is 23.6. The average molecular weight is 540 g/mol. The van der Waals surface area contributed by atoms with Crippen molar-refractivity contribution in [2.24, 2.45) is 0 Å². The van der Waals surface area contributed by atoms with Crippen molar-refractivity contribution >= 4 is 45.3 Å². The molecule has 0 fully saturated rings. The van der Waals surface area contributed by atoms with Crippen molar-refractivity contribution in [1.82, 2.24) is 0 Å². The summed E-state index contributed by atoms with van der Waals surface area (Å²) in [4.78, 5) is 27.3. The minimum atomic E-state index is -0.393. The molecular formula is C30H22BrNO4. The highest BCUT2D eigenvalue weighted by molar-refractivity contribution is 9.10. The molecule has 0 bridgehead atoms. The maximum Gasteiger partial charge on any atom is 0.338 e. The van der Waals surface area contributed by atoms with Crippen molar-refractivity contribution < 1.29 is 18.7 Å². The first-order valence-electron chi connectivity index (χ1n) is 11.5. The van der Waals surface area contributed by atoms with E-state index in [-0.39, 0.29) is 5.91 Å². The van der Waals surface area contributed by atoms with Crippen LogP contribution < -0.4 is 4.90 Å². The molecule has 2 heterocycles. The summed E-state index contributed by atoms with van der Waals surface area (Å²) < 4.78 is 12.1. The quantitative estimate of drug-likeness (QED) is 0.190. The third-order valence-corrected chi connectivity index (χ3v) is 6.27. The predicted molar refractivity (Wildman–Crippen MR) is 144 cm³/mol. The van der Waals surface area contributed by atoms with Crippen molar-refractivity contribution in [3.63, 3.8) is 0 Å². The van der Waals surface area contributed by atoms with Crippen LogP contribution in [0.15, 0.2) is 112 Å². The van der Waals surface area contributed by atoms with Crippen molar-refractivity contribution in [2.75, 3.05) is 11.5 Å². The molecule has 1 aliphatic rings. The number of benzene rings is 3. The number of esters is 1. The van der Waals surface area contributed by atoms with Crippen LogP contribution in [0.3, 0.4) is 0 Å². The van der Waals surface area contributed by atoms with Gasteiger partial charge in [-0.2, -0.15) is 0 Å². The van der Waals surface area contributed by atoms with E-state index in [1.165, 1.54) is 0 Å². The van der Waals surface area contributed by atoms with Gasteiger partial charge in [0.2, 0.25) is 0 Å². The third-order valence-electron chi connectivity index (χ3n) is 5.74. The Hall–Kier alpha value is -4.16. The summed E-state index contributed by atoms with van der Waals surface area (Å²) in [5, 5.41) is 0. The Kier molecular flexibility index (Phi) is 6.69. The van der Waals surface area contributed by atoms with E-state index in [1.54, 1.807) is 42.2 Å². The molecule has 1 amide bonds. The molecule has 36 heavy (non-hydrogen) atoms. The van der Waals surface area contributed by atoms with Gasteiger partial charge in [0.1, 0.15) is 11.5 Å². The maximum atomic E-state index is 13.6. The van der Waals surface area contributed by atoms with Gasteiger partial charge in [-0.05, 0) is 73.2 Å². The first-order valence-corrected chi connectivity index (χ1v) is 12.3. The van der Waals surface area contributed by atoms with Crippen LogP contribution in [0, 0.1) is 0 Å². The van der Waals surface area contributed by atoms with E-state index >= 15 is 0 Å². The number of furan rings is 1. The summed E-state index contributed by atoms with van der Waals surface area (Å²) in [6, 6.07) is 28.1. The summed E-state index contributed by atoms with van der Waals surface area (Å²) in [7, 11) is 0. The molecule has 1 aromatic heterocycles. The molecule has 0 spiro atoms. The fourth-order valence-corrected chi connectivity index (χ4v) is 4.27. The Morgan fingerprint density at radius 2 is 1.64 bits per heavy atom. The molecule has 1 aliphatic heterocycles. The van der Waals surface area contributed by atoms with E-state index < -0.39 is 5.97 Å². The van der Waals surface area contributed by atoms with Crippen LogP contribution in [-0.4, -0.2) is 18.5 Å². The standard InChI is InChI=1S/C30H22BrNO4/c1-2-35-30(34)22-10-14-25(15-11-22)32-27(20-6-4-3-5-7-20)19-23(29(32)33)18-26-16-17-28(36-26)21-8-12-24(31)13-9-21/h3-19H,2H2,1H3/b23-18+. The number of carbonyl (C=O) groups excluding carboxylic acids is 2. The van der Waals surface area contributed by atoms with Crippen molar-refractivity contribution in [2.45, 2.75) is 6.92 Å². The zero-order chi connectivity index (χ0) is 25.1. The van der Waals surface area contributed by atoms with Crippen LogP contribution in [0.1, 0.15) is 28.6 Å². The molecule has 0 N–H and O–H groups in total. The molecule has 0 atom stereocenters. The molecule has 0 saturated heterocycles. The van der Waals surface area contributed by atoms with Gasteiger partial charge in [0.05, 0.1) is 17.9 Å². The Morgan fingerprint density at radius 1 is 0.917 bits per heavy atom. The highest BCUT2D eigenvalue weighted by Gasteiger charge is 2.30. The number of nitrogens with zero attached hydrogens (tertiary/aromatic N) is 1. The van der Waals surface area contributed by atoms with Gasteiger partial charge in [0, 0.05) is 21.3 Å². The molecule has 0 saturated carbocycles. The van der Waals surface area contributed by atoms with Crippen LogP contribution in [0.2, 0.25) is 0 Å². The monoisotopic (exact) mass is 539 g/mol. The number of rotatable bonds is 6. The van der Waals surface area contributed by atoms with E-state index in [4.69, 9.17) is 9.15 Å². The molecule has 0 unspecified atom stereocenters. The Labute approximate surface area is 217 Å². The lowest BCUT2D eigenvalue weighted by atomic mass is 10.1. The van der Waals surface area contributed by atoms with Gasteiger partial charge >= 0.3 is 5.97 Å². The van der Waals surface area contributed by atoms with Gasteiger partial charge < -0.3 is 9.15 Å². The predicted octanol–water partition coefficient (Wildman–Crippen LogP) is 7.36. The maximum absolute atomic E-state index is 13.6. The van der Waals surface area contributed by atoms with Gasteiger partial charge in [-0.15, -0.1) is 0 Å². The molecule has 178 valence electrons. The second-order valence-electron chi connectivity index (χ2n) is 8.11. The SMILES string of the molecule is CCOC(=O)c1ccc(N2C(=O)/C(=C/c3ccc(-c4ccc(Br)cc4)o3)C=C2c2ccccc2)cc1. The number of hydrogen-bond acceptors (Lipinski definition) is 4. The van der Waals surface area contributed by atoms with Crippen LogP contribution in [0.25, 0.3) is 23.1 Å². The smallest absolute Gasteiger partial charge is 0.338 e. The summed E-state index contributed by atoms with van der Waals surface area (Å²) in [6.45, 7) is 2.07. The number of amides is 1. The minimum absolute atomic E-state index is 0.181. The van der Waals surface area contributed by atoms with Crippen LogP contribution in [0.5, 0.6) is 0 Å². The lowest BCUT2D eigenvalue weighted by Crippen LogP contribution is -2.25. The number of hydrogen-bond donors (Lipinski definition) is 0. The van der Waals surface area contributed by atoms with Gasteiger partial charge in [-0.3, -0.25) is 9.69 Å². The Morgan fingerprint density at radius 3 is 2.33 bits per heavy atom. The van der Waals surface area contributed by atoms with Crippen LogP contribution >= 0.6 is 15.9 Å². The summed E-state index contributed by atoms with van der Waals surface area (Å²) >= 11 is 3.44. The number of anilines is 1. The summed E-state index contributed by atoms with van der Waals surface area (Å²) in [5.41, 5.74) is 4.18. The number of halogens is 1. The van der Waals surface area contributed by atoms with Crippen LogP contribution in [0.4, 0.5) is 5.69 Å². The van der Waals surface area contributed by atoms with Crippen molar-refractivity contribution in [3.8, 4) is 11.3 Å². The largest absolute Gasteiger partial charge is 0.462 e. The number of carbonyl (C=O) groups is 2. The van der Waals surface area contributed by atoms with E-state index in [0.717, 1.165) is 27.1 Å². The summed E-state index contributed by atoms with van der Waals surface area (Å²) in [5.74, 6) is 0.729. The molecule has 6 heteroatoms. The van der Waals surface area contributed by atoms with Crippen molar-refractivity contribution in [1.29, 1.82) is 0 Å². The Bertz CT molecular complexity index is 1470. The fraction of sp³-hybridized carbons (Fsp3) is 0.0667. The zero-order valence-electron chi connectivity index (χ0n) is 19.5. The molecule has 3 aromatic carbocycles. The van der Waals surface area contributed by atoms with E-state index in [9.17, 15) is 9.59 Å². The highest BCUT2D eigenvalue weighted by atomic mass is 79.9. The zero-order valence-corrected chi connectivity index (χ0v) is 21.1. The van der Waals surface area contributed by atoms with Crippen molar-refractivity contribution in [3.05, 3.63) is 124 Å². The van der Waals surface area contributed by atoms with Gasteiger partial charge in [-0.1, -0.05) is 58.4 Å². The average Bonchev–Trinajstić information content (AvgIpc) is 3.50. The van der Waals surface area contributed by atoms with E-state index in [2.05, 4.69) is 15.9 Å². The molecular weight excluding hydrogens is 518 g/mol. The van der Waals surface area contributed by atoms with Crippen LogP contribution in [-0.2, 0) is 9.53 Å². The molecule has 4 aromatic rings. The second-order valence-corrected chi connectivity index (χ2v) is 9.03.